The molecule has 2 heterocycles. The summed E-state index contributed by atoms with van der Waals surface area (Å²) in [5, 5.41) is 2.85. The van der Waals surface area contributed by atoms with E-state index in [-0.39, 0.29) is 12.5 Å². The van der Waals surface area contributed by atoms with Crippen molar-refractivity contribution in [2.45, 2.75) is 13.5 Å². The summed E-state index contributed by atoms with van der Waals surface area (Å²) in [6.07, 6.45) is 1.73. The Balaban J connectivity index is 1.41. The summed E-state index contributed by atoms with van der Waals surface area (Å²) in [7, 11) is 0. The van der Waals surface area contributed by atoms with Crippen LogP contribution < -0.4 is 9.64 Å². The molecule has 6 heteroatoms. The zero-order valence-electron chi connectivity index (χ0n) is 17.6. The van der Waals surface area contributed by atoms with Crippen molar-refractivity contribution >= 4 is 43.4 Å². The van der Waals surface area contributed by atoms with E-state index in [1.807, 2.05) is 85.8 Å². The van der Waals surface area contributed by atoms with E-state index < -0.39 is 0 Å². The molecule has 3 aromatic carbocycles. The third kappa shape index (κ3) is 4.18. The fourth-order valence-corrected chi connectivity index (χ4v) is 4.65. The van der Waals surface area contributed by atoms with Crippen molar-refractivity contribution in [1.82, 2.24) is 9.97 Å². The Kier molecular flexibility index (Phi) is 5.52. The van der Waals surface area contributed by atoms with Crippen molar-refractivity contribution in [3.05, 3.63) is 96.3 Å². The van der Waals surface area contributed by atoms with Gasteiger partial charge in [0.05, 0.1) is 22.5 Å². The van der Waals surface area contributed by atoms with Gasteiger partial charge in [0.25, 0.3) is 5.91 Å². The highest BCUT2D eigenvalue weighted by Crippen LogP contribution is 2.31. The predicted octanol–water partition coefficient (Wildman–Crippen LogP) is 5.77. The fraction of sp³-hybridized carbons (Fsp3) is 0.115. The number of fused-ring (bicyclic) bond motifs is 2. The van der Waals surface area contributed by atoms with Crippen LogP contribution >= 0.6 is 11.3 Å². The number of rotatable bonds is 6. The number of hydrogen-bond acceptors (Lipinski definition) is 5. The molecule has 0 radical (unpaired) electrons. The van der Waals surface area contributed by atoms with Crippen molar-refractivity contribution in [2.24, 2.45) is 0 Å². The largest absolute Gasteiger partial charge is 0.484 e. The van der Waals surface area contributed by atoms with Crippen molar-refractivity contribution in [3.8, 4) is 5.75 Å². The fourth-order valence-electron chi connectivity index (χ4n) is 3.59. The number of amides is 1. The van der Waals surface area contributed by atoms with Gasteiger partial charge in [-0.25, -0.2) is 4.98 Å². The second-order valence-electron chi connectivity index (χ2n) is 7.52. The van der Waals surface area contributed by atoms with E-state index in [4.69, 9.17) is 9.72 Å². The standard InChI is InChI=1S/C26H21N3O2S/c1-18-7-6-11-23-25(18)28-26(32-23)29(16-21-10-4-5-14-27-21)24(30)17-31-22-13-12-19-8-2-3-9-20(19)15-22/h2-15H,16-17H2,1H3. The van der Waals surface area contributed by atoms with Gasteiger partial charge < -0.3 is 4.74 Å². The lowest BCUT2D eigenvalue weighted by Gasteiger charge is -2.19. The number of para-hydroxylation sites is 1. The Morgan fingerprint density at radius 3 is 2.62 bits per heavy atom. The van der Waals surface area contributed by atoms with Crippen LogP contribution in [-0.2, 0) is 11.3 Å². The number of benzene rings is 3. The molecule has 0 fully saturated rings. The first-order valence-electron chi connectivity index (χ1n) is 10.4. The lowest BCUT2D eigenvalue weighted by molar-refractivity contribution is -0.120. The molecule has 158 valence electrons. The van der Waals surface area contributed by atoms with E-state index in [0.717, 1.165) is 32.2 Å². The number of nitrogens with zero attached hydrogens (tertiary/aromatic N) is 3. The second-order valence-corrected chi connectivity index (χ2v) is 8.53. The topological polar surface area (TPSA) is 55.3 Å². The van der Waals surface area contributed by atoms with Gasteiger partial charge in [-0.3, -0.25) is 14.7 Å². The molecule has 0 aliphatic rings. The first-order chi connectivity index (χ1) is 15.7. The molecule has 0 aliphatic heterocycles. The summed E-state index contributed by atoms with van der Waals surface area (Å²) in [5.41, 5.74) is 2.80. The van der Waals surface area contributed by atoms with Gasteiger partial charge in [-0.15, -0.1) is 0 Å². The molecular weight excluding hydrogens is 418 g/mol. The van der Waals surface area contributed by atoms with Crippen molar-refractivity contribution < 1.29 is 9.53 Å². The first-order valence-corrected chi connectivity index (χ1v) is 11.2. The number of hydrogen-bond donors (Lipinski definition) is 0. The minimum Gasteiger partial charge on any atom is -0.484 e. The second kappa shape index (κ2) is 8.77. The van der Waals surface area contributed by atoms with Gasteiger partial charge in [-0.2, -0.15) is 0 Å². The smallest absolute Gasteiger partial charge is 0.267 e. The summed E-state index contributed by atoms with van der Waals surface area (Å²) >= 11 is 1.50. The van der Waals surface area contributed by atoms with Crippen LogP contribution in [0, 0.1) is 6.92 Å². The number of aryl methyl sites for hydroxylation is 1. The maximum absolute atomic E-state index is 13.3. The molecule has 0 saturated carbocycles. The van der Waals surface area contributed by atoms with E-state index in [1.165, 1.54) is 11.3 Å². The highest BCUT2D eigenvalue weighted by atomic mass is 32.1. The lowest BCUT2D eigenvalue weighted by atomic mass is 10.1. The van der Waals surface area contributed by atoms with Crippen LogP contribution in [0.3, 0.4) is 0 Å². The Morgan fingerprint density at radius 2 is 1.81 bits per heavy atom. The Hall–Kier alpha value is -3.77. The third-order valence-corrected chi connectivity index (χ3v) is 6.31. The number of carbonyl (C=O) groups excluding carboxylic acids is 1. The zero-order valence-corrected chi connectivity index (χ0v) is 18.4. The summed E-state index contributed by atoms with van der Waals surface area (Å²) in [6, 6.07) is 25.6. The molecule has 5 aromatic rings. The Morgan fingerprint density at radius 1 is 0.969 bits per heavy atom. The summed E-state index contributed by atoms with van der Waals surface area (Å²) < 4.78 is 6.93. The van der Waals surface area contributed by atoms with Gasteiger partial charge >= 0.3 is 0 Å². The SMILES string of the molecule is Cc1cccc2sc(N(Cc3ccccn3)C(=O)COc3ccc4ccccc4c3)nc12. The third-order valence-electron chi connectivity index (χ3n) is 5.27. The molecule has 1 amide bonds. The molecule has 2 aromatic heterocycles. The van der Waals surface area contributed by atoms with Crippen molar-refractivity contribution in [1.29, 1.82) is 0 Å². The summed E-state index contributed by atoms with van der Waals surface area (Å²) in [6.45, 7) is 2.28. The van der Waals surface area contributed by atoms with Crippen LogP contribution in [-0.4, -0.2) is 22.5 Å². The van der Waals surface area contributed by atoms with Gasteiger partial charge in [-0.1, -0.05) is 59.9 Å². The van der Waals surface area contributed by atoms with E-state index in [9.17, 15) is 4.79 Å². The maximum atomic E-state index is 13.3. The molecule has 0 atom stereocenters. The van der Waals surface area contributed by atoms with Gasteiger partial charge in [0, 0.05) is 6.20 Å². The minimum absolute atomic E-state index is 0.0833. The van der Waals surface area contributed by atoms with Gasteiger partial charge in [-0.05, 0) is 53.6 Å². The summed E-state index contributed by atoms with van der Waals surface area (Å²) in [4.78, 5) is 24.1. The molecule has 5 nitrogen and oxygen atoms in total. The molecule has 0 N–H and O–H groups in total. The summed E-state index contributed by atoms with van der Waals surface area (Å²) in [5.74, 6) is 0.496. The van der Waals surface area contributed by atoms with E-state index in [0.29, 0.717) is 17.4 Å². The van der Waals surface area contributed by atoms with E-state index in [1.54, 1.807) is 11.1 Å². The number of thiazole rings is 1. The molecule has 0 saturated heterocycles. The molecule has 0 bridgehead atoms. The van der Waals surface area contributed by atoms with Crippen LogP contribution in [0.5, 0.6) is 5.75 Å². The van der Waals surface area contributed by atoms with Crippen LogP contribution in [0.25, 0.3) is 21.0 Å². The van der Waals surface area contributed by atoms with Crippen molar-refractivity contribution in [3.63, 3.8) is 0 Å². The average Bonchev–Trinajstić information content (AvgIpc) is 3.27. The quantitative estimate of drug-likeness (QED) is 0.337. The Bertz CT molecular complexity index is 1400. The molecule has 5 rings (SSSR count). The Labute approximate surface area is 189 Å². The number of pyridine rings is 1. The van der Waals surface area contributed by atoms with Gasteiger partial charge in [0.15, 0.2) is 11.7 Å². The van der Waals surface area contributed by atoms with Gasteiger partial charge in [0.2, 0.25) is 0 Å². The predicted molar refractivity (Wildman–Crippen MR) is 129 cm³/mol. The molecular formula is C26H21N3O2S. The molecule has 0 unspecified atom stereocenters. The number of anilines is 1. The van der Waals surface area contributed by atoms with Crippen LogP contribution in [0.4, 0.5) is 5.13 Å². The average molecular weight is 440 g/mol. The first kappa shape index (κ1) is 20.2. The lowest BCUT2D eigenvalue weighted by Crippen LogP contribution is -2.34. The monoisotopic (exact) mass is 439 g/mol. The normalized spacial score (nSPS) is 11.0. The highest BCUT2D eigenvalue weighted by molar-refractivity contribution is 7.22. The van der Waals surface area contributed by atoms with E-state index >= 15 is 0 Å². The van der Waals surface area contributed by atoms with Crippen LogP contribution in [0.2, 0.25) is 0 Å². The molecule has 32 heavy (non-hydrogen) atoms. The van der Waals surface area contributed by atoms with Crippen molar-refractivity contribution in [2.75, 3.05) is 11.5 Å². The van der Waals surface area contributed by atoms with Crippen LogP contribution in [0.15, 0.2) is 85.1 Å². The van der Waals surface area contributed by atoms with E-state index in [2.05, 4.69) is 4.98 Å². The zero-order chi connectivity index (χ0) is 21.9. The van der Waals surface area contributed by atoms with Crippen LogP contribution in [0.1, 0.15) is 11.3 Å². The maximum Gasteiger partial charge on any atom is 0.267 e. The highest BCUT2D eigenvalue weighted by Gasteiger charge is 2.22. The minimum atomic E-state index is -0.166. The number of aromatic nitrogens is 2. The number of carbonyl (C=O) groups is 1. The number of ether oxygens (including phenoxy) is 1. The van der Waals surface area contributed by atoms with Gasteiger partial charge in [0.1, 0.15) is 5.75 Å². The molecule has 0 spiro atoms. The molecule has 0 aliphatic carbocycles.